The lowest BCUT2D eigenvalue weighted by Crippen LogP contribution is -2.45. The van der Waals surface area contributed by atoms with Gasteiger partial charge in [-0.15, -0.1) is 0 Å². The number of unbranched alkanes of at least 4 members (excludes halogenated alkanes) is 67. The first-order valence-electron chi connectivity index (χ1n) is 41.9. The van der Waals surface area contributed by atoms with Crippen LogP contribution in [-0.4, -0.2) is 47.4 Å². The van der Waals surface area contributed by atoms with Crippen LogP contribution >= 0.6 is 0 Å². The average Bonchev–Trinajstić information content (AvgIpc) is 3.60. The van der Waals surface area contributed by atoms with Crippen molar-refractivity contribution in [3.8, 4) is 0 Å². The molecule has 0 rings (SSSR count). The molecule has 0 saturated heterocycles. The Hall–Kier alpha value is -1.40. The SMILES string of the molecule is CCCCCCCCC/C=C\CCCCCCCCCC(=O)OCCCCCCCCCCCCCCCCCCCCCCCCCCCCCCCCCCC(=O)NC(CO)C(O)CCCCCCCCCCCCCCCCCCCCCCCCC. The molecule has 0 aromatic carbocycles. The minimum Gasteiger partial charge on any atom is -0.466 e. The molecular formula is C84H165NO5. The molecule has 0 aliphatic heterocycles. The molecule has 0 fully saturated rings. The van der Waals surface area contributed by atoms with E-state index in [-0.39, 0.29) is 18.5 Å². The van der Waals surface area contributed by atoms with E-state index >= 15 is 0 Å². The minimum atomic E-state index is -0.662. The third-order valence-corrected chi connectivity index (χ3v) is 20.1. The Morgan fingerprint density at radius 1 is 0.300 bits per heavy atom. The van der Waals surface area contributed by atoms with Crippen LogP contribution < -0.4 is 5.32 Å². The topological polar surface area (TPSA) is 95.9 Å². The molecule has 0 aromatic rings. The molecule has 0 aromatic heterocycles. The fraction of sp³-hybridized carbons (Fsp3) is 0.952. The second-order valence-corrected chi connectivity index (χ2v) is 29.2. The fourth-order valence-electron chi connectivity index (χ4n) is 13.7. The molecule has 6 nitrogen and oxygen atoms in total. The molecular weight excluding hydrogens is 1100 g/mol. The molecule has 2 unspecified atom stereocenters. The molecule has 0 aliphatic rings. The van der Waals surface area contributed by atoms with Gasteiger partial charge in [0.1, 0.15) is 0 Å². The predicted molar refractivity (Wildman–Crippen MR) is 398 cm³/mol. The van der Waals surface area contributed by atoms with Crippen molar-refractivity contribution in [3.63, 3.8) is 0 Å². The second-order valence-electron chi connectivity index (χ2n) is 29.2. The van der Waals surface area contributed by atoms with Gasteiger partial charge in [-0.2, -0.15) is 0 Å². The van der Waals surface area contributed by atoms with Crippen LogP contribution in [0.25, 0.3) is 0 Å². The van der Waals surface area contributed by atoms with E-state index in [9.17, 15) is 19.8 Å². The lowest BCUT2D eigenvalue weighted by Gasteiger charge is -2.22. The Labute approximate surface area is 565 Å². The summed E-state index contributed by atoms with van der Waals surface area (Å²) in [6.07, 6.45) is 102. The van der Waals surface area contributed by atoms with Crippen molar-refractivity contribution in [2.45, 2.75) is 501 Å². The standard InChI is InChI=1S/C84H165NO5/c1-3-5-7-9-11-13-15-17-19-21-23-24-35-38-41-44-48-52-56-60-64-68-72-76-82(87)81(80-86)85-83(88)77-73-69-65-61-57-53-49-45-42-39-36-33-31-29-27-25-26-28-30-32-34-37-40-43-47-51-55-59-63-67-71-75-79-90-84(89)78-74-70-66-62-58-54-50-46-22-20-18-16-14-12-10-8-6-4-2/h20,22,81-82,86-87H,3-19,21,23-80H2,1-2H3,(H,85,88)/b22-20-. The van der Waals surface area contributed by atoms with Crippen LogP contribution in [0.15, 0.2) is 12.2 Å². The molecule has 0 radical (unpaired) electrons. The summed E-state index contributed by atoms with van der Waals surface area (Å²) in [6, 6.07) is -0.539. The summed E-state index contributed by atoms with van der Waals surface area (Å²) in [5.41, 5.74) is 0. The monoisotopic (exact) mass is 1270 g/mol. The smallest absolute Gasteiger partial charge is 0.305 e. The highest BCUT2D eigenvalue weighted by Crippen LogP contribution is 2.21. The molecule has 0 aliphatic carbocycles. The number of carbonyl (C=O) groups excluding carboxylic acids is 2. The van der Waals surface area contributed by atoms with Gasteiger partial charge in [0.15, 0.2) is 0 Å². The Kier molecular flexibility index (Phi) is 78.8. The number of rotatable bonds is 80. The number of hydrogen-bond donors (Lipinski definition) is 3. The summed E-state index contributed by atoms with van der Waals surface area (Å²) < 4.78 is 5.52. The number of ether oxygens (including phenoxy) is 1. The van der Waals surface area contributed by atoms with Gasteiger partial charge in [0.05, 0.1) is 25.4 Å². The van der Waals surface area contributed by atoms with Crippen molar-refractivity contribution in [2.75, 3.05) is 13.2 Å². The van der Waals surface area contributed by atoms with Gasteiger partial charge in [0.25, 0.3) is 0 Å². The second kappa shape index (κ2) is 80.0. The van der Waals surface area contributed by atoms with Crippen LogP contribution in [0.5, 0.6) is 0 Å². The van der Waals surface area contributed by atoms with Gasteiger partial charge < -0.3 is 20.3 Å². The zero-order valence-electron chi connectivity index (χ0n) is 61.7. The van der Waals surface area contributed by atoms with Crippen molar-refractivity contribution in [1.82, 2.24) is 5.32 Å². The van der Waals surface area contributed by atoms with E-state index in [1.807, 2.05) is 0 Å². The quantitative estimate of drug-likeness (QED) is 0.0320. The molecule has 2 atom stereocenters. The summed E-state index contributed by atoms with van der Waals surface area (Å²) in [7, 11) is 0. The summed E-state index contributed by atoms with van der Waals surface area (Å²) in [5, 5.41) is 23.5. The lowest BCUT2D eigenvalue weighted by molar-refractivity contribution is -0.143. The maximum absolute atomic E-state index is 12.6. The number of aliphatic hydroxyl groups excluding tert-OH is 2. The Morgan fingerprint density at radius 3 is 0.789 bits per heavy atom. The first-order chi connectivity index (χ1) is 44.5. The number of carbonyl (C=O) groups is 2. The third-order valence-electron chi connectivity index (χ3n) is 20.1. The highest BCUT2D eigenvalue weighted by molar-refractivity contribution is 5.76. The van der Waals surface area contributed by atoms with Gasteiger partial charge >= 0.3 is 5.97 Å². The number of aliphatic hydroxyl groups is 2. The molecule has 0 saturated carbocycles. The molecule has 536 valence electrons. The molecule has 90 heavy (non-hydrogen) atoms. The number of esters is 1. The molecule has 3 N–H and O–H groups in total. The van der Waals surface area contributed by atoms with Gasteiger partial charge in [-0.25, -0.2) is 0 Å². The van der Waals surface area contributed by atoms with Crippen molar-refractivity contribution in [3.05, 3.63) is 12.2 Å². The van der Waals surface area contributed by atoms with E-state index in [1.54, 1.807) is 0 Å². The van der Waals surface area contributed by atoms with Gasteiger partial charge in [0.2, 0.25) is 5.91 Å². The zero-order chi connectivity index (χ0) is 64.9. The maximum atomic E-state index is 12.6. The summed E-state index contributed by atoms with van der Waals surface area (Å²) in [6.45, 7) is 5.01. The van der Waals surface area contributed by atoms with Gasteiger partial charge in [-0.3, -0.25) is 9.59 Å². The van der Waals surface area contributed by atoms with Gasteiger partial charge in [-0.05, 0) is 51.4 Å². The van der Waals surface area contributed by atoms with Gasteiger partial charge in [-0.1, -0.05) is 437 Å². The predicted octanol–water partition coefficient (Wildman–Crippen LogP) is 27.8. The summed E-state index contributed by atoms with van der Waals surface area (Å²) in [5.74, 6) is -0.00429. The fourth-order valence-corrected chi connectivity index (χ4v) is 13.7. The van der Waals surface area contributed by atoms with Gasteiger partial charge in [0, 0.05) is 12.8 Å². The number of hydrogen-bond acceptors (Lipinski definition) is 5. The van der Waals surface area contributed by atoms with E-state index in [0.29, 0.717) is 25.9 Å². The first kappa shape index (κ1) is 88.6. The molecule has 0 heterocycles. The Morgan fingerprint density at radius 2 is 0.522 bits per heavy atom. The Bertz CT molecular complexity index is 1370. The lowest BCUT2D eigenvalue weighted by atomic mass is 10.0. The first-order valence-corrected chi connectivity index (χ1v) is 41.9. The largest absolute Gasteiger partial charge is 0.466 e. The van der Waals surface area contributed by atoms with Crippen LogP contribution in [-0.2, 0) is 14.3 Å². The van der Waals surface area contributed by atoms with E-state index in [4.69, 9.17) is 4.74 Å². The van der Waals surface area contributed by atoms with Crippen LogP contribution in [0.2, 0.25) is 0 Å². The van der Waals surface area contributed by atoms with Crippen molar-refractivity contribution in [1.29, 1.82) is 0 Å². The molecule has 0 spiro atoms. The highest BCUT2D eigenvalue weighted by Gasteiger charge is 2.20. The molecule has 0 bridgehead atoms. The number of allylic oxidation sites excluding steroid dienone is 2. The molecule has 6 heteroatoms. The van der Waals surface area contributed by atoms with Crippen LogP contribution in [0.1, 0.15) is 489 Å². The maximum Gasteiger partial charge on any atom is 0.305 e. The molecule has 1 amide bonds. The van der Waals surface area contributed by atoms with Crippen molar-refractivity contribution < 1.29 is 24.5 Å². The van der Waals surface area contributed by atoms with E-state index in [1.165, 1.54) is 417 Å². The zero-order valence-corrected chi connectivity index (χ0v) is 61.7. The third kappa shape index (κ3) is 75.6. The normalized spacial score (nSPS) is 12.4. The van der Waals surface area contributed by atoms with Crippen LogP contribution in [0, 0.1) is 0 Å². The van der Waals surface area contributed by atoms with E-state index in [2.05, 4.69) is 31.3 Å². The van der Waals surface area contributed by atoms with Crippen LogP contribution in [0.3, 0.4) is 0 Å². The Balaban J connectivity index is 3.32. The minimum absolute atomic E-state index is 0.0198. The van der Waals surface area contributed by atoms with Crippen molar-refractivity contribution in [2.24, 2.45) is 0 Å². The van der Waals surface area contributed by atoms with E-state index in [0.717, 1.165) is 38.5 Å². The van der Waals surface area contributed by atoms with Crippen LogP contribution in [0.4, 0.5) is 0 Å². The number of amides is 1. The van der Waals surface area contributed by atoms with E-state index < -0.39 is 12.1 Å². The summed E-state index contributed by atoms with van der Waals surface area (Å²) >= 11 is 0. The number of nitrogens with one attached hydrogen (secondary N) is 1. The summed E-state index contributed by atoms with van der Waals surface area (Å²) in [4.78, 5) is 24.7. The average molecular weight is 1270 g/mol. The highest BCUT2D eigenvalue weighted by atomic mass is 16.5. The van der Waals surface area contributed by atoms with Crippen molar-refractivity contribution >= 4 is 11.9 Å².